The largest absolute Gasteiger partial charge is 0.481 e. The van der Waals surface area contributed by atoms with Gasteiger partial charge in [-0.15, -0.1) is 0 Å². The fourth-order valence-electron chi connectivity index (χ4n) is 0.516. The minimum absolute atomic E-state index is 0.00912. The van der Waals surface area contributed by atoms with Gasteiger partial charge in [0.1, 0.15) is 0 Å². The molecule has 0 bridgehead atoms. The zero-order chi connectivity index (χ0) is 7.28. The van der Waals surface area contributed by atoms with E-state index < -0.39 is 5.97 Å². The molecular weight excluding hydrogens is 139 g/mol. The molecule has 0 aromatic rings. The molecule has 2 atom stereocenters. The second kappa shape index (κ2) is 4.71. The van der Waals surface area contributed by atoms with Gasteiger partial charge in [-0.25, -0.2) is 0 Å². The van der Waals surface area contributed by atoms with Gasteiger partial charge in [0.25, 0.3) is 0 Å². The van der Waals surface area contributed by atoms with Gasteiger partial charge >= 0.3 is 5.97 Å². The normalized spacial score (nSPS) is 14.4. The number of aliphatic hydroxyl groups is 1. The highest BCUT2D eigenvalue weighted by molar-refractivity contribution is 7.39. The van der Waals surface area contributed by atoms with Gasteiger partial charge in [-0.2, -0.15) is 0 Å². The number of aliphatic hydroxyl groups excluding tert-OH is 1. The zero-order valence-electron chi connectivity index (χ0n) is 5.29. The van der Waals surface area contributed by atoms with Crippen molar-refractivity contribution in [1.82, 2.24) is 0 Å². The highest BCUT2D eigenvalue weighted by atomic mass is 31.1. The lowest BCUT2D eigenvalue weighted by molar-refractivity contribution is -0.136. The first-order valence-corrected chi connectivity index (χ1v) is 4.07. The lowest BCUT2D eigenvalue weighted by Crippen LogP contribution is -2.13. The number of rotatable bonds is 4. The summed E-state index contributed by atoms with van der Waals surface area (Å²) in [6.45, 7) is 1.81. The Kier molecular flexibility index (Phi) is 4.64. The second-order valence-corrected chi connectivity index (χ2v) is 3.08. The Morgan fingerprint density at radius 1 is 1.78 bits per heavy atom. The Morgan fingerprint density at radius 2 is 2.33 bits per heavy atom. The summed E-state index contributed by atoms with van der Waals surface area (Å²) in [6.07, 6.45) is 0.596. The molecule has 2 N–H and O–H groups in total. The Morgan fingerprint density at radius 3 is 2.44 bits per heavy atom. The SMILES string of the molecule is CCC(PCO)C(=O)O. The van der Waals surface area contributed by atoms with Gasteiger partial charge in [-0.05, 0) is 6.42 Å². The van der Waals surface area contributed by atoms with Crippen LogP contribution in [0.15, 0.2) is 0 Å². The standard InChI is InChI=1S/C5H11O3P/c1-2-4(5(7)8)9-3-6/h4,6,9H,2-3H2,1H3,(H,7,8). The average Bonchev–Trinajstić information content (AvgIpc) is 1.82. The van der Waals surface area contributed by atoms with Crippen molar-refractivity contribution in [3.05, 3.63) is 0 Å². The molecule has 0 fully saturated rings. The minimum Gasteiger partial charge on any atom is -0.481 e. The molecule has 3 nitrogen and oxygen atoms in total. The molecule has 9 heavy (non-hydrogen) atoms. The van der Waals surface area contributed by atoms with Crippen LogP contribution in [0, 0.1) is 0 Å². The molecule has 0 aliphatic heterocycles. The van der Waals surface area contributed by atoms with Crippen LogP contribution < -0.4 is 0 Å². The monoisotopic (exact) mass is 150 g/mol. The van der Waals surface area contributed by atoms with Crippen molar-refractivity contribution in [2.45, 2.75) is 19.0 Å². The number of carboxylic acid groups (broad SMARTS) is 1. The molecule has 0 rings (SSSR count). The molecule has 0 heterocycles. The molecule has 0 aliphatic rings. The number of hydrogen-bond donors (Lipinski definition) is 2. The first kappa shape index (κ1) is 8.86. The molecule has 0 aliphatic carbocycles. The molecule has 0 saturated carbocycles. The van der Waals surface area contributed by atoms with Crippen LogP contribution in [0.5, 0.6) is 0 Å². The summed E-state index contributed by atoms with van der Waals surface area (Å²) < 4.78 is 0. The highest BCUT2D eigenvalue weighted by Crippen LogP contribution is 2.19. The third kappa shape index (κ3) is 3.44. The van der Waals surface area contributed by atoms with E-state index in [0.29, 0.717) is 6.42 Å². The van der Waals surface area contributed by atoms with Crippen LogP contribution in [-0.4, -0.2) is 28.2 Å². The summed E-state index contributed by atoms with van der Waals surface area (Å²) >= 11 is 0. The van der Waals surface area contributed by atoms with E-state index in [4.69, 9.17) is 10.2 Å². The lowest BCUT2D eigenvalue weighted by atomic mass is 10.3. The molecule has 54 valence electrons. The van der Waals surface area contributed by atoms with Crippen molar-refractivity contribution < 1.29 is 15.0 Å². The predicted octanol–water partition coefficient (Wildman–Crippen LogP) is 0.478. The summed E-state index contributed by atoms with van der Waals surface area (Å²) in [6, 6.07) is 0. The summed E-state index contributed by atoms with van der Waals surface area (Å²) in [7, 11) is 0.142. The highest BCUT2D eigenvalue weighted by Gasteiger charge is 2.12. The Labute approximate surface area is 55.9 Å². The second-order valence-electron chi connectivity index (χ2n) is 1.66. The average molecular weight is 150 g/mol. The predicted molar refractivity (Wildman–Crippen MR) is 37.1 cm³/mol. The van der Waals surface area contributed by atoms with E-state index in [1.807, 2.05) is 0 Å². The number of aliphatic carboxylic acids is 1. The van der Waals surface area contributed by atoms with Crippen LogP contribution in [0.1, 0.15) is 13.3 Å². The fourth-order valence-corrected chi connectivity index (χ4v) is 1.20. The van der Waals surface area contributed by atoms with E-state index in [2.05, 4.69) is 0 Å². The van der Waals surface area contributed by atoms with Crippen LogP contribution >= 0.6 is 8.58 Å². The van der Waals surface area contributed by atoms with Crippen LogP contribution in [0.2, 0.25) is 0 Å². The Balaban J connectivity index is 3.54. The molecule has 0 spiro atoms. The van der Waals surface area contributed by atoms with Crippen LogP contribution in [0.25, 0.3) is 0 Å². The van der Waals surface area contributed by atoms with E-state index in [9.17, 15) is 4.79 Å². The molecule has 0 aromatic heterocycles. The summed E-state index contributed by atoms with van der Waals surface area (Å²) in [5.41, 5.74) is -0.338. The van der Waals surface area contributed by atoms with E-state index in [0.717, 1.165) is 0 Å². The number of hydrogen-bond acceptors (Lipinski definition) is 2. The van der Waals surface area contributed by atoms with Crippen molar-refractivity contribution in [3.8, 4) is 0 Å². The first-order chi connectivity index (χ1) is 4.22. The quantitative estimate of drug-likeness (QED) is 0.573. The smallest absolute Gasteiger partial charge is 0.310 e. The lowest BCUT2D eigenvalue weighted by Gasteiger charge is -2.05. The van der Waals surface area contributed by atoms with Gasteiger partial charge in [0, 0.05) is 0 Å². The van der Waals surface area contributed by atoms with Crippen molar-refractivity contribution in [3.63, 3.8) is 0 Å². The topological polar surface area (TPSA) is 57.5 Å². The molecular formula is C5H11O3P. The van der Waals surface area contributed by atoms with Crippen molar-refractivity contribution >= 4 is 14.6 Å². The van der Waals surface area contributed by atoms with Gasteiger partial charge in [-0.1, -0.05) is 15.5 Å². The molecule has 0 amide bonds. The first-order valence-electron chi connectivity index (χ1n) is 2.79. The molecule has 4 heteroatoms. The molecule has 2 unspecified atom stereocenters. The van der Waals surface area contributed by atoms with Gasteiger partial charge in [-0.3, -0.25) is 4.79 Å². The van der Waals surface area contributed by atoms with E-state index in [-0.39, 0.29) is 20.6 Å². The zero-order valence-corrected chi connectivity index (χ0v) is 6.29. The van der Waals surface area contributed by atoms with Gasteiger partial charge in [0.05, 0.1) is 12.0 Å². The summed E-state index contributed by atoms with van der Waals surface area (Å²) in [5.74, 6) is -0.801. The van der Waals surface area contributed by atoms with Crippen molar-refractivity contribution in [2.75, 3.05) is 6.35 Å². The maximum Gasteiger partial charge on any atom is 0.310 e. The van der Waals surface area contributed by atoms with Gasteiger partial charge < -0.3 is 10.2 Å². The maximum atomic E-state index is 10.2. The summed E-state index contributed by atoms with van der Waals surface area (Å²) in [4.78, 5) is 10.2. The van der Waals surface area contributed by atoms with E-state index in [1.54, 1.807) is 6.92 Å². The summed E-state index contributed by atoms with van der Waals surface area (Å²) in [5, 5.41) is 16.8. The third-order valence-electron chi connectivity index (χ3n) is 1.04. The van der Waals surface area contributed by atoms with E-state index >= 15 is 0 Å². The fraction of sp³-hybridized carbons (Fsp3) is 0.800. The van der Waals surface area contributed by atoms with Crippen molar-refractivity contribution in [2.24, 2.45) is 0 Å². The maximum absolute atomic E-state index is 10.2. The minimum atomic E-state index is -0.801. The number of carboxylic acids is 1. The van der Waals surface area contributed by atoms with Crippen LogP contribution in [0.3, 0.4) is 0 Å². The van der Waals surface area contributed by atoms with Crippen LogP contribution in [-0.2, 0) is 4.79 Å². The molecule has 0 radical (unpaired) electrons. The molecule has 0 saturated heterocycles. The third-order valence-corrected chi connectivity index (χ3v) is 2.37. The van der Waals surface area contributed by atoms with Crippen molar-refractivity contribution in [1.29, 1.82) is 0 Å². The molecule has 0 aromatic carbocycles. The van der Waals surface area contributed by atoms with Gasteiger partial charge in [0.15, 0.2) is 0 Å². The Bertz CT molecular complexity index is 94.2. The number of carbonyl (C=O) groups is 1. The van der Waals surface area contributed by atoms with Crippen LogP contribution in [0.4, 0.5) is 0 Å². The van der Waals surface area contributed by atoms with Gasteiger partial charge in [0.2, 0.25) is 0 Å². The Hall–Kier alpha value is -0.140. The van der Waals surface area contributed by atoms with E-state index in [1.165, 1.54) is 0 Å².